The molecule has 0 bridgehead atoms. The van der Waals surface area contributed by atoms with E-state index >= 15 is 0 Å². The Bertz CT molecular complexity index is 176. The number of nitrogens with two attached hydrogens (primary N) is 1. The Kier molecular flexibility index (Phi) is 4.49. The molecule has 1 rings (SSSR count). The minimum absolute atomic E-state index is 0.780. The molecule has 0 radical (unpaired) electrons. The van der Waals surface area contributed by atoms with E-state index in [1.165, 1.54) is 11.7 Å². The molecule has 0 aliphatic rings. The molecule has 0 aliphatic carbocycles. The number of rotatable bonds is 5. The summed E-state index contributed by atoms with van der Waals surface area (Å²) in [6, 6.07) is 0. The Morgan fingerprint density at radius 3 is 3.18 bits per heavy atom. The Morgan fingerprint density at radius 2 is 2.55 bits per heavy atom. The highest BCUT2D eigenvalue weighted by Crippen LogP contribution is 2.10. The third-order valence-corrected chi connectivity index (χ3v) is 2.74. The average molecular weight is 189 g/mol. The van der Waals surface area contributed by atoms with Crippen LogP contribution >= 0.6 is 23.5 Å². The molecule has 2 N–H and O–H groups in total. The molecule has 0 saturated heterocycles. The third kappa shape index (κ3) is 3.69. The van der Waals surface area contributed by atoms with Crippen molar-refractivity contribution >= 4 is 23.5 Å². The average Bonchev–Trinajstić information content (AvgIpc) is 2.50. The van der Waals surface area contributed by atoms with Gasteiger partial charge in [0, 0.05) is 5.75 Å². The molecule has 0 fully saturated rings. The fourth-order valence-corrected chi connectivity index (χ4v) is 1.99. The maximum absolute atomic E-state index is 5.35. The van der Waals surface area contributed by atoms with Gasteiger partial charge in [0.25, 0.3) is 0 Å². The Labute approximate surface area is 74.7 Å². The van der Waals surface area contributed by atoms with Crippen LogP contribution in [0.25, 0.3) is 0 Å². The lowest BCUT2D eigenvalue weighted by molar-refractivity contribution is 0.942. The number of hydrogen-bond donors (Lipinski definition) is 1. The largest absolute Gasteiger partial charge is 0.330 e. The zero-order valence-corrected chi connectivity index (χ0v) is 7.83. The van der Waals surface area contributed by atoms with Crippen molar-refractivity contribution in [1.82, 2.24) is 8.75 Å². The number of aromatic nitrogens is 2. The summed E-state index contributed by atoms with van der Waals surface area (Å²) in [5.74, 6) is 2.09. The van der Waals surface area contributed by atoms with Crippen LogP contribution in [0.1, 0.15) is 12.1 Å². The maximum atomic E-state index is 5.35. The molecule has 1 aromatic heterocycles. The second-order valence-electron chi connectivity index (χ2n) is 2.09. The van der Waals surface area contributed by atoms with Crippen LogP contribution in [-0.2, 0) is 5.75 Å². The second kappa shape index (κ2) is 5.51. The molecule has 0 amide bonds. The quantitative estimate of drug-likeness (QED) is 0.705. The van der Waals surface area contributed by atoms with Crippen molar-refractivity contribution in [2.24, 2.45) is 5.73 Å². The first-order chi connectivity index (χ1) is 5.43. The van der Waals surface area contributed by atoms with E-state index in [4.69, 9.17) is 5.73 Å². The summed E-state index contributed by atoms with van der Waals surface area (Å²) in [5.41, 5.74) is 6.43. The Balaban J connectivity index is 2.04. The second-order valence-corrected chi connectivity index (χ2v) is 3.76. The molecule has 0 unspecified atom stereocenters. The molecule has 0 aliphatic heterocycles. The molecule has 0 atom stereocenters. The minimum Gasteiger partial charge on any atom is -0.330 e. The van der Waals surface area contributed by atoms with E-state index in [-0.39, 0.29) is 0 Å². The summed E-state index contributed by atoms with van der Waals surface area (Å²) in [6.07, 6.45) is 2.91. The predicted octanol–water partition coefficient (Wildman–Crippen LogP) is 1.12. The van der Waals surface area contributed by atoms with Crippen molar-refractivity contribution in [3.63, 3.8) is 0 Å². The van der Waals surface area contributed by atoms with Crippen LogP contribution in [0.3, 0.4) is 0 Å². The van der Waals surface area contributed by atoms with Gasteiger partial charge in [0.15, 0.2) is 0 Å². The highest BCUT2D eigenvalue weighted by Gasteiger charge is 1.94. The zero-order chi connectivity index (χ0) is 7.94. The maximum Gasteiger partial charge on any atom is 0.0841 e. The molecular weight excluding hydrogens is 178 g/mol. The van der Waals surface area contributed by atoms with Crippen molar-refractivity contribution in [1.29, 1.82) is 0 Å². The van der Waals surface area contributed by atoms with Gasteiger partial charge < -0.3 is 5.73 Å². The van der Waals surface area contributed by atoms with Crippen LogP contribution in [0, 0.1) is 0 Å². The number of thioether (sulfide) groups is 1. The molecule has 5 heteroatoms. The first kappa shape index (κ1) is 8.96. The van der Waals surface area contributed by atoms with Crippen LogP contribution in [0.2, 0.25) is 0 Å². The van der Waals surface area contributed by atoms with Crippen LogP contribution in [0.15, 0.2) is 6.20 Å². The Hall–Kier alpha value is -0.130. The van der Waals surface area contributed by atoms with E-state index in [0.29, 0.717) is 0 Å². The molecular formula is C6H11N3S2. The molecule has 11 heavy (non-hydrogen) atoms. The van der Waals surface area contributed by atoms with Gasteiger partial charge in [0.05, 0.1) is 23.6 Å². The van der Waals surface area contributed by atoms with E-state index in [0.717, 1.165) is 30.2 Å². The SMILES string of the molecule is NCCCSCc1cnsn1. The van der Waals surface area contributed by atoms with Gasteiger partial charge in [-0.25, -0.2) is 0 Å². The molecule has 1 heterocycles. The summed E-state index contributed by atoms with van der Waals surface area (Å²) < 4.78 is 8.01. The van der Waals surface area contributed by atoms with Crippen LogP contribution < -0.4 is 5.73 Å². The van der Waals surface area contributed by atoms with Gasteiger partial charge in [-0.1, -0.05) is 0 Å². The lowest BCUT2D eigenvalue weighted by Gasteiger charge is -1.94. The minimum atomic E-state index is 0.780. The fraction of sp³-hybridized carbons (Fsp3) is 0.667. The topological polar surface area (TPSA) is 51.8 Å². The van der Waals surface area contributed by atoms with E-state index in [9.17, 15) is 0 Å². The molecule has 1 aromatic rings. The summed E-state index contributed by atoms with van der Waals surface area (Å²) in [6.45, 7) is 0.780. The summed E-state index contributed by atoms with van der Waals surface area (Å²) in [5, 5.41) is 0. The molecule has 0 aromatic carbocycles. The Morgan fingerprint density at radius 1 is 1.64 bits per heavy atom. The summed E-state index contributed by atoms with van der Waals surface area (Å²) in [7, 11) is 0. The highest BCUT2D eigenvalue weighted by molar-refractivity contribution is 7.98. The number of nitrogens with zero attached hydrogens (tertiary/aromatic N) is 2. The first-order valence-corrected chi connectivity index (χ1v) is 5.36. The van der Waals surface area contributed by atoms with Gasteiger partial charge in [0.1, 0.15) is 0 Å². The van der Waals surface area contributed by atoms with Crippen LogP contribution in [0.4, 0.5) is 0 Å². The van der Waals surface area contributed by atoms with E-state index in [2.05, 4.69) is 8.75 Å². The lowest BCUT2D eigenvalue weighted by atomic mass is 10.5. The first-order valence-electron chi connectivity index (χ1n) is 3.47. The van der Waals surface area contributed by atoms with Crippen molar-refractivity contribution in [2.45, 2.75) is 12.2 Å². The van der Waals surface area contributed by atoms with Gasteiger partial charge in [0.2, 0.25) is 0 Å². The normalized spacial score (nSPS) is 10.3. The molecule has 62 valence electrons. The van der Waals surface area contributed by atoms with Gasteiger partial charge in [-0.05, 0) is 18.7 Å². The third-order valence-electron chi connectivity index (χ3n) is 1.15. The van der Waals surface area contributed by atoms with Gasteiger partial charge in [-0.15, -0.1) is 0 Å². The van der Waals surface area contributed by atoms with E-state index in [1.54, 1.807) is 0 Å². The van der Waals surface area contributed by atoms with Crippen molar-refractivity contribution in [3.05, 3.63) is 11.9 Å². The predicted molar refractivity (Wildman–Crippen MR) is 49.7 cm³/mol. The lowest BCUT2D eigenvalue weighted by Crippen LogP contribution is -1.99. The highest BCUT2D eigenvalue weighted by atomic mass is 32.2. The van der Waals surface area contributed by atoms with Crippen molar-refractivity contribution in [2.75, 3.05) is 12.3 Å². The summed E-state index contributed by atoms with van der Waals surface area (Å²) >= 11 is 3.13. The standard InChI is InChI=1S/C6H11N3S2/c7-2-1-3-10-5-6-4-8-11-9-6/h4H,1-3,5,7H2. The monoisotopic (exact) mass is 189 g/mol. The fourth-order valence-electron chi connectivity index (χ4n) is 0.610. The van der Waals surface area contributed by atoms with Crippen molar-refractivity contribution < 1.29 is 0 Å². The summed E-state index contributed by atoms with van der Waals surface area (Å²) in [4.78, 5) is 0. The molecule has 0 saturated carbocycles. The number of hydrogen-bond acceptors (Lipinski definition) is 5. The van der Waals surface area contributed by atoms with Crippen LogP contribution in [0.5, 0.6) is 0 Å². The zero-order valence-electron chi connectivity index (χ0n) is 6.19. The van der Waals surface area contributed by atoms with Gasteiger partial charge in [-0.3, -0.25) is 0 Å². The molecule has 0 spiro atoms. The van der Waals surface area contributed by atoms with Gasteiger partial charge >= 0.3 is 0 Å². The van der Waals surface area contributed by atoms with Gasteiger partial charge in [-0.2, -0.15) is 20.5 Å². The smallest absolute Gasteiger partial charge is 0.0841 e. The van der Waals surface area contributed by atoms with Crippen LogP contribution in [-0.4, -0.2) is 21.0 Å². The van der Waals surface area contributed by atoms with E-state index < -0.39 is 0 Å². The van der Waals surface area contributed by atoms with Crippen molar-refractivity contribution in [3.8, 4) is 0 Å². The molecule has 3 nitrogen and oxygen atoms in total. The van der Waals surface area contributed by atoms with E-state index in [1.807, 2.05) is 18.0 Å².